The summed E-state index contributed by atoms with van der Waals surface area (Å²) in [6, 6.07) is 12.6. The highest BCUT2D eigenvalue weighted by molar-refractivity contribution is 8.00. The number of esters is 1. The number of amides is 1. The summed E-state index contributed by atoms with van der Waals surface area (Å²) in [5.41, 5.74) is 1.22. The number of hydrogen-bond acceptors (Lipinski definition) is 7. The molecule has 2 heterocycles. The van der Waals surface area contributed by atoms with Gasteiger partial charge < -0.3 is 10.1 Å². The van der Waals surface area contributed by atoms with Crippen LogP contribution in [0.25, 0.3) is 5.65 Å². The molecule has 1 aromatic carbocycles. The average Bonchev–Trinajstić information content (AvgIpc) is 3.14. The number of rotatable bonds is 8. The van der Waals surface area contributed by atoms with Gasteiger partial charge in [0, 0.05) is 18.5 Å². The molecule has 0 saturated carbocycles. The molecule has 1 amide bonds. The van der Waals surface area contributed by atoms with Crippen molar-refractivity contribution in [1.82, 2.24) is 25.1 Å². The molecule has 0 aliphatic heterocycles. The molecule has 28 heavy (non-hydrogen) atoms. The van der Waals surface area contributed by atoms with E-state index in [1.54, 1.807) is 28.8 Å². The fourth-order valence-corrected chi connectivity index (χ4v) is 3.52. The number of fused-ring (bicyclic) bond motifs is 1. The maximum Gasteiger partial charge on any atom is 0.319 e. The predicted octanol–water partition coefficient (Wildman–Crippen LogP) is 2.14. The molecule has 8 nitrogen and oxygen atoms in total. The third-order valence-corrected chi connectivity index (χ3v) is 5.34. The summed E-state index contributed by atoms with van der Waals surface area (Å²) in [4.78, 5) is 23.9. The molecule has 1 N–H and O–H groups in total. The summed E-state index contributed by atoms with van der Waals surface area (Å²) < 4.78 is 6.46. The Morgan fingerprint density at radius 1 is 1.18 bits per heavy atom. The number of benzene rings is 1. The van der Waals surface area contributed by atoms with Crippen LogP contribution in [0.3, 0.4) is 0 Å². The Labute approximate surface area is 166 Å². The van der Waals surface area contributed by atoms with Gasteiger partial charge in [-0.25, -0.2) is 0 Å². The van der Waals surface area contributed by atoms with Crippen LogP contribution in [0.15, 0.2) is 47.5 Å². The summed E-state index contributed by atoms with van der Waals surface area (Å²) in [5, 5.41) is 16.0. The SMILES string of the molecule is CCC(Sc1ccc2nnc(CCNC(=O)c3ccccc3)n2n1)C(=O)OC. The van der Waals surface area contributed by atoms with Crippen LogP contribution in [-0.4, -0.2) is 50.6 Å². The minimum absolute atomic E-state index is 0.137. The molecule has 2 aromatic heterocycles. The van der Waals surface area contributed by atoms with Crippen LogP contribution in [0.1, 0.15) is 29.5 Å². The molecule has 3 rings (SSSR count). The van der Waals surface area contributed by atoms with E-state index in [1.807, 2.05) is 25.1 Å². The van der Waals surface area contributed by atoms with Crippen molar-refractivity contribution in [2.45, 2.75) is 30.0 Å². The minimum atomic E-state index is -0.319. The van der Waals surface area contributed by atoms with Gasteiger partial charge in [-0.05, 0) is 30.7 Å². The van der Waals surface area contributed by atoms with E-state index < -0.39 is 0 Å². The number of aromatic nitrogens is 4. The molecule has 0 saturated heterocycles. The Hall–Kier alpha value is -2.94. The maximum atomic E-state index is 12.1. The molecule has 1 unspecified atom stereocenters. The first-order valence-corrected chi connectivity index (χ1v) is 9.79. The zero-order valence-corrected chi connectivity index (χ0v) is 16.5. The summed E-state index contributed by atoms with van der Waals surface area (Å²) in [5.74, 6) is 0.224. The van der Waals surface area contributed by atoms with Crippen molar-refractivity contribution in [1.29, 1.82) is 0 Å². The smallest absolute Gasteiger partial charge is 0.319 e. The Balaban J connectivity index is 1.67. The Morgan fingerprint density at radius 2 is 1.96 bits per heavy atom. The molecule has 3 aromatic rings. The third-order valence-electron chi connectivity index (χ3n) is 4.07. The average molecular weight is 399 g/mol. The molecule has 0 fully saturated rings. The summed E-state index contributed by atoms with van der Waals surface area (Å²) in [6.45, 7) is 2.33. The lowest BCUT2D eigenvalue weighted by Crippen LogP contribution is -2.26. The van der Waals surface area contributed by atoms with E-state index >= 15 is 0 Å². The fraction of sp³-hybridized carbons (Fsp3) is 0.316. The van der Waals surface area contributed by atoms with Gasteiger partial charge >= 0.3 is 5.97 Å². The van der Waals surface area contributed by atoms with Gasteiger partial charge in [-0.2, -0.15) is 9.61 Å². The van der Waals surface area contributed by atoms with Crippen LogP contribution in [-0.2, 0) is 16.0 Å². The van der Waals surface area contributed by atoms with Crippen LogP contribution < -0.4 is 5.32 Å². The summed E-state index contributed by atoms with van der Waals surface area (Å²) in [6.07, 6.45) is 1.12. The first kappa shape index (κ1) is 19.8. The molecule has 0 spiro atoms. The number of carbonyl (C=O) groups is 2. The van der Waals surface area contributed by atoms with Crippen LogP contribution in [0.2, 0.25) is 0 Å². The van der Waals surface area contributed by atoms with Crippen molar-refractivity contribution in [3.8, 4) is 0 Å². The minimum Gasteiger partial charge on any atom is -0.468 e. The fourth-order valence-electron chi connectivity index (χ4n) is 2.59. The quantitative estimate of drug-likeness (QED) is 0.458. The first-order chi connectivity index (χ1) is 13.6. The van der Waals surface area contributed by atoms with Crippen LogP contribution in [0.4, 0.5) is 0 Å². The van der Waals surface area contributed by atoms with Crippen LogP contribution in [0.5, 0.6) is 0 Å². The lowest BCUT2D eigenvalue weighted by atomic mass is 10.2. The predicted molar refractivity (Wildman–Crippen MR) is 105 cm³/mol. The van der Waals surface area contributed by atoms with E-state index in [2.05, 4.69) is 20.6 Å². The highest BCUT2D eigenvalue weighted by Crippen LogP contribution is 2.24. The van der Waals surface area contributed by atoms with Gasteiger partial charge in [0.1, 0.15) is 10.3 Å². The zero-order chi connectivity index (χ0) is 19.9. The lowest BCUT2D eigenvalue weighted by molar-refractivity contribution is -0.140. The third kappa shape index (κ3) is 4.66. The Bertz CT molecular complexity index is 961. The van der Waals surface area contributed by atoms with E-state index in [0.717, 1.165) is 0 Å². The molecular formula is C19H21N5O3S. The van der Waals surface area contributed by atoms with Crippen LogP contribution >= 0.6 is 11.8 Å². The second-order valence-corrected chi connectivity index (χ2v) is 7.19. The molecule has 1 atom stereocenters. The molecule has 0 bridgehead atoms. The van der Waals surface area contributed by atoms with Gasteiger partial charge in [-0.15, -0.1) is 10.2 Å². The number of methoxy groups -OCH3 is 1. The molecule has 9 heteroatoms. The first-order valence-electron chi connectivity index (χ1n) is 8.91. The summed E-state index contributed by atoms with van der Waals surface area (Å²) in [7, 11) is 1.38. The highest BCUT2D eigenvalue weighted by Gasteiger charge is 2.20. The van der Waals surface area contributed by atoms with Gasteiger partial charge in [0.2, 0.25) is 0 Å². The number of carbonyl (C=O) groups excluding carboxylic acids is 2. The van der Waals surface area contributed by atoms with Crippen molar-refractivity contribution < 1.29 is 14.3 Å². The molecule has 0 aliphatic rings. The monoisotopic (exact) mass is 399 g/mol. The highest BCUT2D eigenvalue weighted by atomic mass is 32.2. The van der Waals surface area contributed by atoms with Crippen molar-refractivity contribution in [3.05, 3.63) is 53.9 Å². The molecule has 0 radical (unpaired) electrons. The Morgan fingerprint density at radius 3 is 2.68 bits per heavy atom. The topological polar surface area (TPSA) is 98.5 Å². The molecule has 146 valence electrons. The van der Waals surface area contributed by atoms with Crippen molar-refractivity contribution in [3.63, 3.8) is 0 Å². The number of thioether (sulfide) groups is 1. The largest absolute Gasteiger partial charge is 0.468 e. The van der Waals surface area contributed by atoms with Crippen molar-refractivity contribution >= 4 is 29.3 Å². The van der Waals surface area contributed by atoms with Gasteiger partial charge in [0.25, 0.3) is 5.91 Å². The standard InChI is InChI=1S/C19H21N5O3S/c1-3-14(19(26)27-2)28-17-10-9-15-21-22-16(24(15)23-17)11-12-20-18(25)13-7-5-4-6-8-13/h4-10,14H,3,11-12H2,1-2H3,(H,20,25). The number of nitrogens with one attached hydrogen (secondary N) is 1. The van der Waals surface area contributed by atoms with E-state index in [-0.39, 0.29) is 17.1 Å². The van der Waals surface area contributed by atoms with E-state index in [0.29, 0.717) is 41.4 Å². The summed E-state index contributed by atoms with van der Waals surface area (Å²) >= 11 is 1.34. The zero-order valence-electron chi connectivity index (χ0n) is 15.7. The number of hydrogen-bond donors (Lipinski definition) is 1. The normalized spacial score (nSPS) is 11.9. The van der Waals surface area contributed by atoms with E-state index in [1.165, 1.54) is 18.9 Å². The van der Waals surface area contributed by atoms with Gasteiger partial charge in [-0.3, -0.25) is 9.59 Å². The maximum absolute atomic E-state index is 12.1. The second kappa shape index (κ2) is 9.32. The van der Waals surface area contributed by atoms with Crippen LogP contribution in [0, 0.1) is 0 Å². The second-order valence-electron chi connectivity index (χ2n) is 5.97. The van der Waals surface area contributed by atoms with Gasteiger partial charge in [0.05, 0.1) is 7.11 Å². The van der Waals surface area contributed by atoms with Gasteiger partial charge in [-0.1, -0.05) is 36.9 Å². The number of nitrogens with zero attached hydrogens (tertiary/aromatic N) is 4. The van der Waals surface area contributed by atoms with Crippen molar-refractivity contribution in [2.75, 3.05) is 13.7 Å². The van der Waals surface area contributed by atoms with Gasteiger partial charge in [0.15, 0.2) is 11.5 Å². The van der Waals surface area contributed by atoms with E-state index in [4.69, 9.17) is 4.74 Å². The van der Waals surface area contributed by atoms with Crippen molar-refractivity contribution in [2.24, 2.45) is 0 Å². The lowest BCUT2D eigenvalue weighted by Gasteiger charge is -2.11. The number of ether oxygens (including phenoxy) is 1. The molecular weight excluding hydrogens is 378 g/mol. The van der Waals surface area contributed by atoms with E-state index in [9.17, 15) is 9.59 Å². The molecule has 0 aliphatic carbocycles. The Kier molecular flexibility index (Phi) is 6.59.